The van der Waals surface area contributed by atoms with Gasteiger partial charge in [0.15, 0.2) is 0 Å². The van der Waals surface area contributed by atoms with Gasteiger partial charge < -0.3 is 11.2 Å². The maximum Gasteiger partial charge on any atom is 1.00 e. The van der Waals surface area contributed by atoms with Gasteiger partial charge in [0, 0.05) is 6.54 Å². The first-order valence-corrected chi connectivity index (χ1v) is 5.56. The average Bonchev–Trinajstić information content (AvgIpc) is 1.94. The van der Waals surface area contributed by atoms with Crippen molar-refractivity contribution in [3.8, 4) is 0 Å². The molecule has 0 amide bonds. The van der Waals surface area contributed by atoms with Gasteiger partial charge in [-0.05, 0) is 6.42 Å². The van der Waals surface area contributed by atoms with E-state index in [0.717, 1.165) is 25.7 Å². The van der Waals surface area contributed by atoms with Gasteiger partial charge in [0.2, 0.25) is 0 Å². The first-order valence-electron chi connectivity index (χ1n) is 4.03. The SMILES string of the molecule is CCCCCCNOP(=O)(O)O.[H-].[K+]. The second kappa shape index (κ2) is 10.2. The van der Waals surface area contributed by atoms with Crippen LogP contribution >= 0.6 is 7.82 Å². The fourth-order valence-electron chi connectivity index (χ4n) is 0.754. The molecule has 0 aliphatic carbocycles. The molecule has 0 aromatic heterocycles. The van der Waals surface area contributed by atoms with Gasteiger partial charge in [-0.25, -0.2) is 4.57 Å². The number of hydrogen-bond acceptors (Lipinski definition) is 3. The fourth-order valence-corrected chi connectivity index (χ4v) is 1.01. The third-order valence-corrected chi connectivity index (χ3v) is 1.68. The number of rotatable bonds is 7. The van der Waals surface area contributed by atoms with Gasteiger partial charge in [0.25, 0.3) is 0 Å². The van der Waals surface area contributed by atoms with Gasteiger partial charge in [-0.1, -0.05) is 26.2 Å². The van der Waals surface area contributed by atoms with Crippen LogP contribution in [0.1, 0.15) is 34.0 Å². The Labute approximate surface area is 123 Å². The maximum absolute atomic E-state index is 10.1. The molecular formula is C6H17KNO4P. The Bertz CT molecular complexity index is 157. The van der Waals surface area contributed by atoms with Crippen molar-refractivity contribution in [2.75, 3.05) is 6.54 Å². The van der Waals surface area contributed by atoms with Crippen molar-refractivity contribution in [1.82, 2.24) is 5.48 Å². The molecule has 0 atom stereocenters. The first kappa shape index (κ1) is 17.1. The molecule has 0 aliphatic rings. The van der Waals surface area contributed by atoms with Crippen LogP contribution in [0.4, 0.5) is 0 Å². The minimum Gasteiger partial charge on any atom is -1.00 e. The molecule has 0 unspecified atom stereocenters. The summed E-state index contributed by atoms with van der Waals surface area (Å²) in [7, 11) is -4.33. The van der Waals surface area contributed by atoms with E-state index in [1.54, 1.807) is 0 Å². The van der Waals surface area contributed by atoms with Crippen molar-refractivity contribution in [3.63, 3.8) is 0 Å². The van der Waals surface area contributed by atoms with Crippen molar-refractivity contribution in [3.05, 3.63) is 0 Å². The second-order valence-electron chi connectivity index (χ2n) is 2.54. The summed E-state index contributed by atoms with van der Waals surface area (Å²) in [6.45, 7) is 2.57. The molecule has 3 N–H and O–H groups in total. The number of nitrogens with one attached hydrogen (secondary N) is 1. The Balaban J connectivity index is -0.000000605. The monoisotopic (exact) mass is 237 g/mol. The number of phosphoric acid groups is 1. The van der Waals surface area contributed by atoms with E-state index in [0.29, 0.717) is 6.54 Å². The van der Waals surface area contributed by atoms with Crippen molar-refractivity contribution in [2.24, 2.45) is 0 Å². The van der Waals surface area contributed by atoms with Crippen molar-refractivity contribution >= 4 is 7.82 Å². The molecule has 0 spiro atoms. The molecular weight excluding hydrogens is 220 g/mol. The van der Waals surface area contributed by atoms with Gasteiger partial charge in [-0.3, -0.25) is 0 Å². The second-order valence-corrected chi connectivity index (χ2v) is 3.70. The Hall–Kier alpha value is 1.71. The van der Waals surface area contributed by atoms with Crippen molar-refractivity contribution < 1.29 is 71.8 Å². The minimum absolute atomic E-state index is 0. The molecule has 0 bridgehead atoms. The summed E-state index contributed by atoms with van der Waals surface area (Å²) in [5.74, 6) is 0. The van der Waals surface area contributed by atoms with E-state index in [1.165, 1.54) is 0 Å². The van der Waals surface area contributed by atoms with E-state index >= 15 is 0 Å². The summed E-state index contributed by atoms with van der Waals surface area (Å²) < 4.78 is 14.2. The summed E-state index contributed by atoms with van der Waals surface area (Å²) in [6.07, 6.45) is 4.19. The van der Waals surface area contributed by atoms with Crippen LogP contribution < -0.4 is 56.9 Å². The minimum atomic E-state index is -4.33. The van der Waals surface area contributed by atoms with E-state index in [9.17, 15) is 4.57 Å². The van der Waals surface area contributed by atoms with E-state index in [-0.39, 0.29) is 52.8 Å². The first-order chi connectivity index (χ1) is 5.56. The Kier molecular flexibility index (Phi) is 13.5. The molecule has 0 aromatic rings. The van der Waals surface area contributed by atoms with Crippen LogP contribution in [0.3, 0.4) is 0 Å². The molecule has 7 heteroatoms. The van der Waals surface area contributed by atoms with E-state index in [1.807, 2.05) is 0 Å². The normalized spacial score (nSPS) is 11.0. The summed E-state index contributed by atoms with van der Waals surface area (Å²) >= 11 is 0. The number of hydrogen-bond donors (Lipinski definition) is 3. The molecule has 0 heterocycles. The molecule has 0 saturated heterocycles. The van der Waals surface area contributed by atoms with E-state index < -0.39 is 7.82 Å². The van der Waals surface area contributed by atoms with Gasteiger partial charge in [0.1, 0.15) is 0 Å². The maximum atomic E-state index is 10.1. The third kappa shape index (κ3) is 16.4. The van der Waals surface area contributed by atoms with Crippen LogP contribution in [0, 0.1) is 0 Å². The van der Waals surface area contributed by atoms with Crippen LogP contribution in [0.2, 0.25) is 0 Å². The molecule has 0 rings (SSSR count). The molecule has 0 saturated carbocycles. The molecule has 0 aromatic carbocycles. The summed E-state index contributed by atoms with van der Waals surface area (Å²) in [5.41, 5.74) is 2.22. The molecule has 76 valence electrons. The summed E-state index contributed by atoms with van der Waals surface area (Å²) in [5, 5.41) is 0. The van der Waals surface area contributed by atoms with Crippen LogP contribution in [-0.2, 0) is 9.19 Å². The van der Waals surface area contributed by atoms with E-state index in [4.69, 9.17) is 9.79 Å². The zero-order valence-corrected chi connectivity index (χ0v) is 12.2. The third-order valence-electron chi connectivity index (χ3n) is 1.32. The van der Waals surface area contributed by atoms with Crippen LogP contribution in [-0.4, -0.2) is 16.3 Å². The van der Waals surface area contributed by atoms with Crippen LogP contribution in [0.15, 0.2) is 0 Å². The van der Waals surface area contributed by atoms with Crippen LogP contribution in [0.25, 0.3) is 0 Å². The predicted molar refractivity (Wildman–Crippen MR) is 46.4 cm³/mol. The van der Waals surface area contributed by atoms with E-state index in [2.05, 4.69) is 17.0 Å². The Morgan fingerprint density at radius 1 is 1.38 bits per heavy atom. The van der Waals surface area contributed by atoms with Crippen LogP contribution in [0.5, 0.6) is 0 Å². The largest absolute Gasteiger partial charge is 1.00 e. The Morgan fingerprint density at radius 3 is 2.46 bits per heavy atom. The van der Waals surface area contributed by atoms with Gasteiger partial charge in [0.05, 0.1) is 0 Å². The van der Waals surface area contributed by atoms with Crippen molar-refractivity contribution in [2.45, 2.75) is 32.6 Å². The topological polar surface area (TPSA) is 78.8 Å². The summed E-state index contributed by atoms with van der Waals surface area (Å²) in [6, 6.07) is 0. The average molecular weight is 237 g/mol. The van der Waals surface area contributed by atoms with Gasteiger partial charge in [-0.15, -0.1) is 0 Å². The molecule has 13 heavy (non-hydrogen) atoms. The molecule has 5 nitrogen and oxygen atoms in total. The fraction of sp³-hybridized carbons (Fsp3) is 1.00. The quantitative estimate of drug-likeness (QED) is 0.213. The zero-order chi connectivity index (χ0) is 9.45. The zero-order valence-electron chi connectivity index (χ0n) is 9.19. The predicted octanol–water partition coefficient (Wildman–Crippen LogP) is -1.70. The van der Waals surface area contributed by atoms with Gasteiger partial charge in [-0.2, -0.15) is 10.1 Å². The smallest absolute Gasteiger partial charge is 1.00 e. The van der Waals surface area contributed by atoms with Gasteiger partial charge >= 0.3 is 59.2 Å². The molecule has 0 radical (unpaired) electrons. The molecule has 0 fully saturated rings. The standard InChI is InChI=1S/C6H16NO4P.K.H/c1-2-3-4-5-6-7-11-12(8,9)10;;/h7H,2-6H2,1H3,(H2,8,9,10);;/q;+1;-1. The number of hydroxylamine groups is 1. The number of unbranched alkanes of at least 4 members (excludes halogenated alkanes) is 3. The van der Waals surface area contributed by atoms with Crippen molar-refractivity contribution in [1.29, 1.82) is 0 Å². The molecule has 0 aliphatic heterocycles. The Morgan fingerprint density at radius 2 is 2.00 bits per heavy atom. The summed E-state index contributed by atoms with van der Waals surface area (Å²) in [4.78, 5) is 16.5.